The van der Waals surface area contributed by atoms with Crippen molar-refractivity contribution in [2.45, 2.75) is 50.6 Å². The molecule has 2 aromatic rings. The van der Waals surface area contributed by atoms with Crippen LogP contribution in [0.15, 0.2) is 18.2 Å². The Balaban J connectivity index is 1.85. The van der Waals surface area contributed by atoms with Crippen LogP contribution >= 0.6 is 0 Å². The quantitative estimate of drug-likeness (QED) is 0.572. The van der Waals surface area contributed by atoms with Gasteiger partial charge in [-0.1, -0.05) is 0 Å². The number of nitrogens with one attached hydrogen (secondary N) is 2. The summed E-state index contributed by atoms with van der Waals surface area (Å²) < 4.78 is 47.3. The fourth-order valence-corrected chi connectivity index (χ4v) is 4.87. The van der Waals surface area contributed by atoms with E-state index in [1.807, 2.05) is 0 Å². The van der Waals surface area contributed by atoms with Crippen molar-refractivity contribution < 1.29 is 32.9 Å². The molecule has 1 saturated heterocycles. The van der Waals surface area contributed by atoms with Crippen LogP contribution in [0.4, 0.5) is 18.0 Å². The number of carbonyl (C=O) groups excluding carboxylic acids is 1. The zero-order chi connectivity index (χ0) is 23.6. The second-order valence-corrected chi connectivity index (χ2v) is 8.27. The number of aromatic hydroxyl groups is 2. The smallest absolute Gasteiger partial charge is 0.417 e. The van der Waals surface area contributed by atoms with Crippen LogP contribution < -0.4 is 10.6 Å². The Kier molecular flexibility index (Phi) is 4.64. The van der Waals surface area contributed by atoms with Gasteiger partial charge in [0.05, 0.1) is 45.7 Å². The van der Waals surface area contributed by atoms with Gasteiger partial charge in [0.25, 0.3) is 0 Å². The number of fused-ring (bicyclic) bond motifs is 5. The fourth-order valence-electron chi connectivity index (χ4n) is 4.87. The van der Waals surface area contributed by atoms with Crippen LogP contribution in [0.25, 0.3) is 5.69 Å². The zero-order valence-corrected chi connectivity index (χ0v) is 17.5. The second-order valence-electron chi connectivity index (χ2n) is 8.27. The molecule has 3 heterocycles. The summed E-state index contributed by atoms with van der Waals surface area (Å²) in [6.07, 6.45) is -4.52. The lowest BCUT2D eigenvalue weighted by atomic mass is 9.76. The molecule has 32 heavy (non-hydrogen) atoms. The standard InChI is InChI=1S/C21H21F3N4O4/c1-4-26-18(31)27-13-8-19(2)14-15(20(13,3)32-19)17(30)28(16(14)29)11-6-5-10(9-25)12(7-11)21(22,23)24/h5-7,13,29-30H,4,8H2,1-3H3,(H2,26,27,31)/t13-,19-,20+/m1/s1. The van der Waals surface area contributed by atoms with Crippen LogP contribution in [-0.2, 0) is 22.1 Å². The number of benzene rings is 1. The van der Waals surface area contributed by atoms with Gasteiger partial charge in [0, 0.05) is 13.0 Å². The van der Waals surface area contributed by atoms with Gasteiger partial charge in [0.1, 0.15) is 5.60 Å². The molecule has 0 saturated carbocycles. The Morgan fingerprint density at radius 1 is 1.31 bits per heavy atom. The number of ether oxygens (including phenoxy) is 1. The highest BCUT2D eigenvalue weighted by Crippen LogP contribution is 2.64. The summed E-state index contributed by atoms with van der Waals surface area (Å²) in [5, 5.41) is 36.4. The molecule has 0 aliphatic carbocycles. The molecule has 1 aromatic heterocycles. The Hall–Kier alpha value is -3.39. The first-order valence-electron chi connectivity index (χ1n) is 9.91. The molecule has 0 unspecified atom stereocenters. The Bertz CT molecular complexity index is 1170. The predicted molar refractivity (Wildman–Crippen MR) is 105 cm³/mol. The Morgan fingerprint density at radius 3 is 2.56 bits per heavy atom. The summed E-state index contributed by atoms with van der Waals surface area (Å²) in [7, 11) is 0. The average Bonchev–Trinajstić information content (AvgIpc) is 3.21. The lowest BCUT2D eigenvalue weighted by molar-refractivity contribution is -0.137. The summed E-state index contributed by atoms with van der Waals surface area (Å²) >= 11 is 0. The maximum Gasteiger partial charge on any atom is 0.417 e. The van der Waals surface area contributed by atoms with Crippen LogP contribution in [0, 0.1) is 11.3 Å². The van der Waals surface area contributed by atoms with Crippen molar-refractivity contribution in [3.63, 3.8) is 0 Å². The third-order valence-electron chi connectivity index (χ3n) is 6.17. The number of aromatic nitrogens is 1. The summed E-state index contributed by atoms with van der Waals surface area (Å²) in [5.41, 5.74) is -3.78. The lowest BCUT2D eigenvalue weighted by Crippen LogP contribution is -2.50. The molecule has 1 aromatic carbocycles. The minimum absolute atomic E-state index is 0.166. The van der Waals surface area contributed by atoms with Gasteiger partial charge in [-0.15, -0.1) is 0 Å². The van der Waals surface area contributed by atoms with Gasteiger partial charge in [-0.3, -0.25) is 4.57 Å². The van der Waals surface area contributed by atoms with Gasteiger partial charge < -0.3 is 25.6 Å². The first kappa shape index (κ1) is 21.8. The van der Waals surface area contributed by atoms with Gasteiger partial charge in [-0.25, -0.2) is 4.79 Å². The Labute approximate surface area is 181 Å². The van der Waals surface area contributed by atoms with Crippen LogP contribution in [0.3, 0.4) is 0 Å². The maximum absolute atomic E-state index is 13.4. The maximum atomic E-state index is 13.4. The van der Waals surface area contributed by atoms with Crippen LogP contribution in [0.2, 0.25) is 0 Å². The summed E-state index contributed by atoms with van der Waals surface area (Å²) in [5.74, 6) is -0.957. The number of halogens is 3. The number of amides is 2. The number of nitrogens with zero attached hydrogens (tertiary/aromatic N) is 2. The highest BCUT2D eigenvalue weighted by molar-refractivity contribution is 5.75. The zero-order valence-electron chi connectivity index (χ0n) is 17.5. The van der Waals surface area contributed by atoms with E-state index in [0.717, 1.165) is 10.6 Å². The van der Waals surface area contributed by atoms with Crippen LogP contribution in [0.1, 0.15) is 49.4 Å². The molecule has 2 aliphatic heterocycles. The minimum atomic E-state index is -4.80. The molecule has 0 radical (unpaired) electrons. The van der Waals surface area contributed by atoms with E-state index < -0.39 is 52.3 Å². The van der Waals surface area contributed by atoms with Crippen LogP contribution in [-0.4, -0.2) is 33.4 Å². The van der Waals surface area contributed by atoms with E-state index in [-0.39, 0.29) is 23.2 Å². The van der Waals surface area contributed by atoms with Crippen molar-refractivity contribution in [1.29, 1.82) is 5.26 Å². The number of hydrogen-bond acceptors (Lipinski definition) is 5. The molecule has 4 rings (SSSR count). The molecule has 11 heteroatoms. The first-order valence-corrected chi connectivity index (χ1v) is 9.91. The highest BCUT2D eigenvalue weighted by atomic mass is 19.4. The molecule has 4 N–H and O–H groups in total. The van der Waals surface area contributed by atoms with Gasteiger partial charge in [-0.05, 0) is 39.0 Å². The van der Waals surface area contributed by atoms with Crippen molar-refractivity contribution in [1.82, 2.24) is 15.2 Å². The molecule has 3 atom stereocenters. The normalized spacial score (nSPS) is 26.0. The van der Waals surface area contributed by atoms with Crippen LogP contribution in [0.5, 0.6) is 11.8 Å². The molecule has 2 bridgehead atoms. The van der Waals surface area contributed by atoms with E-state index in [0.29, 0.717) is 12.6 Å². The first-order chi connectivity index (χ1) is 14.9. The monoisotopic (exact) mass is 450 g/mol. The highest BCUT2D eigenvalue weighted by Gasteiger charge is 2.65. The lowest BCUT2D eigenvalue weighted by Gasteiger charge is -2.30. The number of urea groups is 1. The van der Waals surface area contributed by atoms with Gasteiger partial charge in [-0.2, -0.15) is 18.4 Å². The minimum Gasteiger partial charge on any atom is -0.494 e. The third kappa shape index (κ3) is 2.90. The summed E-state index contributed by atoms with van der Waals surface area (Å²) in [6, 6.07) is 3.41. The molecule has 170 valence electrons. The van der Waals surface area contributed by atoms with Crippen molar-refractivity contribution in [2.75, 3.05) is 6.54 Å². The number of alkyl halides is 3. The van der Waals surface area contributed by atoms with Gasteiger partial charge >= 0.3 is 12.2 Å². The van der Waals surface area contributed by atoms with E-state index in [4.69, 9.17) is 10.00 Å². The van der Waals surface area contributed by atoms with Crippen molar-refractivity contribution in [2.24, 2.45) is 0 Å². The van der Waals surface area contributed by atoms with Gasteiger partial charge in [0.15, 0.2) is 0 Å². The van der Waals surface area contributed by atoms with Gasteiger partial charge in [0.2, 0.25) is 11.8 Å². The van der Waals surface area contributed by atoms with Crippen molar-refractivity contribution >= 4 is 6.03 Å². The second kappa shape index (κ2) is 6.80. The number of hydrogen-bond donors (Lipinski definition) is 4. The predicted octanol–water partition coefficient (Wildman–Crippen LogP) is 3.33. The van der Waals surface area contributed by atoms with Crippen molar-refractivity contribution in [3.8, 4) is 23.5 Å². The third-order valence-corrected chi connectivity index (χ3v) is 6.17. The molecule has 1 fully saturated rings. The van der Waals surface area contributed by atoms with E-state index in [2.05, 4.69) is 10.6 Å². The Morgan fingerprint density at radius 2 is 1.97 bits per heavy atom. The molecule has 2 amide bonds. The van der Waals surface area contributed by atoms with E-state index in [1.165, 1.54) is 12.1 Å². The number of carbonyl (C=O) groups is 1. The van der Waals surface area contributed by atoms with E-state index in [1.54, 1.807) is 20.8 Å². The topological polar surface area (TPSA) is 120 Å². The SMILES string of the molecule is CCNC(=O)N[C@@H]1C[C@@]2(C)O[C@]1(C)c1c2c(O)n(-c2ccc(C#N)c(C(F)(F)F)c2)c1O. The molecule has 8 nitrogen and oxygen atoms in total. The largest absolute Gasteiger partial charge is 0.494 e. The summed E-state index contributed by atoms with van der Waals surface area (Å²) in [4.78, 5) is 12.1. The molecule has 0 spiro atoms. The average molecular weight is 450 g/mol. The van der Waals surface area contributed by atoms with Crippen molar-refractivity contribution in [3.05, 3.63) is 40.5 Å². The molecule has 2 aliphatic rings. The van der Waals surface area contributed by atoms with E-state index in [9.17, 15) is 28.2 Å². The number of rotatable bonds is 3. The molecular weight excluding hydrogens is 429 g/mol. The summed E-state index contributed by atoms with van der Waals surface area (Å²) in [6.45, 7) is 5.49. The number of nitriles is 1. The fraction of sp³-hybridized carbons (Fsp3) is 0.429. The molecular formula is C21H21F3N4O4. The van der Waals surface area contributed by atoms with E-state index >= 15 is 0 Å².